The molecular weight excluding hydrogens is 410 g/mol. The molecule has 0 bridgehead atoms. The number of hydrogen-bond donors (Lipinski definition) is 1. The molecule has 164 valence electrons. The van der Waals surface area contributed by atoms with Crippen molar-refractivity contribution in [1.29, 1.82) is 5.26 Å². The number of nitriles is 1. The standard InChI is InChI=1S/C22H23N7O3/c23-12-16-13-24-22(25-14-16)29-8-6-28(7-9-29)20(30)5-11-32-10-4-17-2-1-3-18-19(17)15-26-27-21(18)31/h1-3,13-15H,4-11H2,(H,27,31). The molecule has 32 heavy (non-hydrogen) atoms. The van der Waals surface area contributed by atoms with Crippen molar-refractivity contribution in [3.8, 4) is 6.07 Å². The molecule has 4 rings (SSSR count). The SMILES string of the molecule is N#Cc1cnc(N2CCN(C(=O)CCOCCc3cccc4c(=O)[nH]ncc34)CC2)nc1. The second kappa shape index (κ2) is 9.98. The van der Waals surface area contributed by atoms with Gasteiger partial charge in [-0.2, -0.15) is 10.4 Å². The molecule has 1 N–H and O–H groups in total. The summed E-state index contributed by atoms with van der Waals surface area (Å²) in [6, 6.07) is 7.57. The van der Waals surface area contributed by atoms with E-state index in [1.807, 2.05) is 28.0 Å². The molecule has 3 aromatic rings. The number of nitrogens with zero attached hydrogens (tertiary/aromatic N) is 6. The zero-order valence-electron chi connectivity index (χ0n) is 17.5. The minimum Gasteiger partial charge on any atom is -0.381 e. The van der Waals surface area contributed by atoms with E-state index in [0.717, 1.165) is 10.9 Å². The molecule has 1 aliphatic rings. The highest BCUT2D eigenvalue weighted by atomic mass is 16.5. The van der Waals surface area contributed by atoms with Gasteiger partial charge >= 0.3 is 0 Å². The number of aromatic amines is 1. The molecule has 0 atom stereocenters. The van der Waals surface area contributed by atoms with Crippen molar-refractivity contribution < 1.29 is 9.53 Å². The lowest BCUT2D eigenvalue weighted by atomic mass is 10.1. The summed E-state index contributed by atoms with van der Waals surface area (Å²) in [6.45, 7) is 3.30. The van der Waals surface area contributed by atoms with Gasteiger partial charge in [0.25, 0.3) is 5.56 Å². The first kappa shape index (κ1) is 21.4. The van der Waals surface area contributed by atoms with E-state index in [1.165, 1.54) is 12.4 Å². The van der Waals surface area contributed by atoms with Crippen LogP contribution in [0.25, 0.3) is 10.8 Å². The van der Waals surface area contributed by atoms with Crippen molar-refractivity contribution >= 4 is 22.6 Å². The first-order valence-corrected chi connectivity index (χ1v) is 10.4. The first-order chi connectivity index (χ1) is 15.7. The van der Waals surface area contributed by atoms with Crippen molar-refractivity contribution in [2.45, 2.75) is 12.8 Å². The fourth-order valence-electron chi connectivity index (χ4n) is 3.70. The van der Waals surface area contributed by atoms with Crippen LogP contribution in [-0.2, 0) is 16.0 Å². The summed E-state index contributed by atoms with van der Waals surface area (Å²) in [7, 11) is 0. The Labute approximate surface area is 184 Å². The van der Waals surface area contributed by atoms with Gasteiger partial charge in [-0.15, -0.1) is 0 Å². The summed E-state index contributed by atoms with van der Waals surface area (Å²) in [5.41, 5.74) is 1.21. The molecule has 0 saturated carbocycles. The lowest BCUT2D eigenvalue weighted by molar-refractivity contribution is -0.132. The number of anilines is 1. The van der Waals surface area contributed by atoms with Gasteiger partial charge in [-0.3, -0.25) is 9.59 Å². The van der Waals surface area contributed by atoms with Crippen LogP contribution >= 0.6 is 0 Å². The molecule has 3 heterocycles. The minimum atomic E-state index is -0.207. The number of carbonyl (C=O) groups is 1. The maximum atomic E-state index is 12.5. The Kier molecular flexibility index (Phi) is 6.67. The van der Waals surface area contributed by atoms with Crippen LogP contribution in [0.5, 0.6) is 0 Å². The van der Waals surface area contributed by atoms with E-state index in [4.69, 9.17) is 10.00 Å². The predicted octanol–water partition coefficient (Wildman–Crippen LogP) is 0.883. The summed E-state index contributed by atoms with van der Waals surface area (Å²) in [5.74, 6) is 0.636. The van der Waals surface area contributed by atoms with E-state index in [2.05, 4.69) is 20.2 Å². The van der Waals surface area contributed by atoms with Gasteiger partial charge in [0.1, 0.15) is 6.07 Å². The van der Waals surface area contributed by atoms with Gasteiger partial charge in [0, 0.05) is 31.6 Å². The molecule has 0 aliphatic carbocycles. The third kappa shape index (κ3) is 4.90. The van der Waals surface area contributed by atoms with Crippen LogP contribution < -0.4 is 10.5 Å². The van der Waals surface area contributed by atoms with Crippen LogP contribution in [0.3, 0.4) is 0 Å². The number of H-pyrrole nitrogens is 1. The van der Waals surface area contributed by atoms with E-state index in [1.54, 1.807) is 12.3 Å². The Morgan fingerprint density at radius 3 is 2.62 bits per heavy atom. The number of ether oxygens (including phenoxy) is 1. The molecule has 1 saturated heterocycles. The number of fused-ring (bicyclic) bond motifs is 1. The zero-order valence-corrected chi connectivity index (χ0v) is 17.5. The third-order valence-corrected chi connectivity index (χ3v) is 5.46. The van der Waals surface area contributed by atoms with Crippen molar-refractivity contribution in [3.05, 3.63) is 58.3 Å². The van der Waals surface area contributed by atoms with E-state index in [-0.39, 0.29) is 11.5 Å². The second-order valence-corrected chi connectivity index (χ2v) is 7.44. The highest BCUT2D eigenvalue weighted by molar-refractivity contribution is 5.83. The minimum absolute atomic E-state index is 0.0614. The van der Waals surface area contributed by atoms with Gasteiger partial charge in [-0.05, 0) is 18.1 Å². The van der Waals surface area contributed by atoms with Gasteiger partial charge in [-0.1, -0.05) is 12.1 Å². The molecule has 0 radical (unpaired) electrons. The molecule has 10 heteroatoms. The lowest BCUT2D eigenvalue weighted by Gasteiger charge is -2.34. The maximum Gasteiger partial charge on any atom is 0.272 e. The van der Waals surface area contributed by atoms with E-state index >= 15 is 0 Å². The number of nitrogens with one attached hydrogen (secondary N) is 1. The van der Waals surface area contributed by atoms with E-state index in [0.29, 0.717) is 69.1 Å². The molecule has 10 nitrogen and oxygen atoms in total. The summed E-state index contributed by atoms with van der Waals surface area (Å²) < 4.78 is 5.68. The van der Waals surface area contributed by atoms with Crippen molar-refractivity contribution in [1.82, 2.24) is 25.1 Å². The lowest BCUT2D eigenvalue weighted by Crippen LogP contribution is -2.49. The van der Waals surface area contributed by atoms with Crippen LogP contribution in [0.4, 0.5) is 5.95 Å². The van der Waals surface area contributed by atoms with Crippen molar-refractivity contribution in [2.75, 3.05) is 44.3 Å². The van der Waals surface area contributed by atoms with E-state index < -0.39 is 0 Å². The molecule has 0 unspecified atom stereocenters. The third-order valence-electron chi connectivity index (χ3n) is 5.46. The van der Waals surface area contributed by atoms with Gasteiger partial charge in [0.05, 0.1) is 49.2 Å². The molecule has 1 aliphatic heterocycles. The zero-order chi connectivity index (χ0) is 22.3. The Morgan fingerprint density at radius 1 is 1.09 bits per heavy atom. The smallest absolute Gasteiger partial charge is 0.272 e. The number of rotatable bonds is 7. The van der Waals surface area contributed by atoms with Crippen molar-refractivity contribution in [2.24, 2.45) is 0 Å². The molecular formula is C22H23N7O3. The normalized spacial score (nSPS) is 13.8. The maximum absolute atomic E-state index is 12.5. The van der Waals surface area contributed by atoms with Gasteiger partial charge < -0.3 is 14.5 Å². The monoisotopic (exact) mass is 433 g/mol. The molecule has 2 aromatic heterocycles. The fourth-order valence-corrected chi connectivity index (χ4v) is 3.70. The Hall–Kier alpha value is -3.84. The molecule has 1 fully saturated rings. The Balaban J connectivity index is 1.19. The highest BCUT2D eigenvalue weighted by Gasteiger charge is 2.22. The molecule has 1 amide bonds. The number of aromatic nitrogens is 4. The first-order valence-electron chi connectivity index (χ1n) is 10.4. The summed E-state index contributed by atoms with van der Waals surface area (Å²) in [5, 5.41) is 16.6. The van der Waals surface area contributed by atoms with Crippen LogP contribution in [0, 0.1) is 11.3 Å². The number of carbonyl (C=O) groups excluding carboxylic acids is 1. The summed E-state index contributed by atoms with van der Waals surface area (Å²) in [4.78, 5) is 36.6. The number of piperazine rings is 1. The predicted molar refractivity (Wildman–Crippen MR) is 117 cm³/mol. The largest absolute Gasteiger partial charge is 0.381 e. The summed E-state index contributed by atoms with van der Waals surface area (Å²) >= 11 is 0. The topological polar surface area (TPSA) is 128 Å². The van der Waals surface area contributed by atoms with Gasteiger partial charge in [0.2, 0.25) is 11.9 Å². The Morgan fingerprint density at radius 2 is 1.88 bits per heavy atom. The number of amides is 1. The van der Waals surface area contributed by atoms with Crippen LogP contribution in [0.2, 0.25) is 0 Å². The van der Waals surface area contributed by atoms with Crippen LogP contribution in [-0.4, -0.2) is 70.4 Å². The number of hydrogen-bond acceptors (Lipinski definition) is 8. The number of benzene rings is 1. The van der Waals surface area contributed by atoms with E-state index in [9.17, 15) is 9.59 Å². The quantitative estimate of drug-likeness (QED) is 0.544. The molecule has 1 aromatic carbocycles. The van der Waals surface area contributed by atoms with Gasteiger partial charge in [0.15, 0.2) is 0 Å². The fraction of sp³-hybridized carbons (Fsp3) is 0.364. The molecule has 0 spiro atoms. The summed E-state index contributed by atoms with van der Waals surface area (Å²) in [6.07, 6.45) is 5.62. The average molecular weight is 433 g/mol. The van der Waals surface area contributed by atoms with Crippen LogP contribution in [0.15, 0.2) is 41.6 Å². The van der Waals surface area contributed by atoms with Crippen molar-refractivity contribution in [3.63, 3.8) is 0 Å². The Bertz CT molecular complexity index is 1180. The van der Waals surface area contributed by atoms with Gasteiger partial charge in [-0.25, -0.2) is 15.1 Å². The highest BCUT2D eigenvalue weighted by Crippen LogP contribution is 2.15. The average Bonchev–Trinajstić information content (AvgIpc) is 2.84. The second-order valence-electron chi connectivity index (χ2n) is 7.44. The van der Waals surface area contributed by atoms with Crippen LogP contribution in [0.1, 0.15) is 17.5 Å².